The van der Waals surface area contributed by atoms with Crippen molar-refractivity contribution in [3.8, 4) is 5.75 Å². The number of phenolic OH excluding ortho intramolecular Hbond substituents is 1. The van der Waals surface area contributed by atoms with E-state index in [0.29, 0.717) is 15.5 Å². The fourth-order valence-electron chi connectivity index (χ4n) is 1.64. The second-order valence-electron chi connectivity index (χ2n) is 3.62. The number of halogens is 1. The summed E-state index contributed by atoms with van der Waals surface area (Å²) in [5, 5.41) is 11.5. The first-order valence-corrected chi connectivity index (χ1v) is 7.51. The van der Waals surface area contributed by atoms with Gasteiger partial charge in [-0.2, -0.15) is 0 Å². The molecule has 0 amide bonds. The molecule has 1 N–H and O–H groups in total. The fourth-order valence-corrected chi connectivity index (χ4v) is 2.21. The van der Waals surface area contributed by atoms with Crippen LogP contribution in [0, 0.1) is 0 Å². The summed E-state index contributed by atoms with van der Waals surface area (Å²) < 4.78 is 0.523. The van der Waals surface area contributed by atoms with Gasteiger partial charge in [0.25, 0.3) is 0 Å². The largest absolute Gasteiger partial charge is 0.506 e. The van der Waals surface area contributed by atoms with Crippen molar-refractivity contribution in [3.63, 3.8) is 0 Å². The maximum atomic E-state index is 11.3. The predicted molar refractivity (Wildman–Crippen MR) is 91.4 cm³/mol. The normalized spacial score (nSPS) is 9.10. The highest BCUT2D eigenvalue weighted by Gasteiger charge is 2.13. The molecule has 0 aliphatic rings. The molecular weight excluding hydrogens is 315 g/mol. The number of rotatable bonds is 1. The molecule has 0 heterocycles. The molecule has 2 radical (unpaired) electrons. The number of fused-ring (bicyclic) bond motifs is 1. The standard InChI is InChI=1S/C12H8BBrO2.2C2H6/c1-6(15)10-5-7-4-8(13)2-3-9(7)11(14)12(10)16;2*1-2/h2-5,16H,1H3;2*1-2H3. The molecule has 0 saturated carbocycles. The maximum Gasteiger partial charge on any atom is 0.163 e. The molecule has 0 atom stereocenters. The van der Waals surface area contributed by atoms with E-state index in [0.717, 1.165) is 10.8 Å². The van der Waals surface area contributed by atoms with Crippen molar-refractivity contribution in [2.45, 2.75) is 34.6 Å². The minimum Gasteiger partial charge on any atom is -0.506 e. The quantitative estimate of drug-likeness (QED) is 0.621. The van der Waals surface area contributed by atoms with Crippen molar-refractivity contribution in [1.29, 1.82) is 0 Å². The van der Waals surface area contributed by atoms with Gasteiger partial charge in [0.1, 0.15) is 13.6 Å². The van der Waals surface area contributed by atoms with E-state index in [1.807, 2.05) is 27.7 Å². The minimum atomic E-state index is -0.178. The first-order chi connectivity index (χ1) is 9.50. The molecule has 0 fully saturated rings. The highest BCUT2D eigenvalue weighted by atomic mass is 79.9. The zero-order valence-corrected chi connectivity index (χ0v) is 14.2. The van der Waals surface area contributed by atoms with Gasteiger partial charge in [-0.25, -0.2) is 0 Å². The molecule has 0 bridgehead atoms. The maximum absolute atomic E-state index is 11.3. The molecule has 20 heavy (non-hydrogen) atoms. The average molecular weight is 335 g/mol. The lowest BCUT2D eigenvalue weighted by Gasteiger charge is -2.08. The number of carbonyl (C=O) groups excluding carboxylic acids is 1. The van der Waals surface area contributed by atoms with Crippen LogP contribution >= 0.6 is 15.9 Å². The average Bonchev–Trinajstić information content (AvgIpc) is 2.46. The van der Waals surface area contributed by atoms with Gasteiger partial charge in [0.05, 0.1) is 10.0 Å². The molecule has 106 valence electrons. The number of phenols is 1. The number of ketones is 1. The van der Waals surface area contributed by atoms with Crippen LogP contribution in [0.2, 0.25) is 0 Å². The topological polar surface area (TPSA) is 37.3 Å². The number of hydrogen-bond donors (Lipinski definition) is 1. The molecule has 0 unspecified atom stereocenters. The van der Waals surface area contributed by atoms with Gasteiger partial charge < -0.3 is 5.11 Å². The van der Waals surface area contributed by atoms with Gasteiger partial charge in [0.2, 0.25) is 0 Å². The van der Waals surface area contributed by atoms with Crippen molar-refractivity contribution in [1.82, 2.24) is 0 Å². The smallest absolute Gasteiger partial charge is 0.163 e. The Morgan fingerprint density at radius 2 is 1.70 bits per heavy atom. The molecule has 0 saturated heterocycles. The zero-order chi connectivity index (χ0) is 15.9. The van der Waals surface area contributed by atoms with E-state index in [1.165, 1.54) is 6.92 Å². The van der Waals surface area contributed by atoms with Crippen LogP contribution < -0.4 is 5.46 Å². The number of aromatic hydroxyl groups is 1. The van der Waals surface area contributed by atoms with Crippen LogP contribution in [-0.2, 0) is 0 Å². The van der Waals surface area contributed by atoms with Gasteiger partial charge in [-0.05, 0) is 39.7 Å². The van der Waals surface area contributed by atoms with Crippen molar-refractivity contribution in [2.24, 2.45) is 0 Å². The SMILES string of the molecule is CC.CC.[B]c1ccc2c(Br)c(O)c(C(C)=O)cc2c1. The molecular formula is C16H20BBrO2. The van der Waals surface area contributed by atoms with Gasteiger partial charge in [0, 0.05) is 0 Å². The third-order valence-corrected chi connectivity index (χ3v) is 3.26. The molecule has 0 aliphatic carbocycles. The molecule has 2 aromatic rings. The van der Waals surface area contributed by atoms with Crippen molar-refractivity contribution in [2.75, 3.05) is 0 Å². The Kier molecular flexibility index (Phi) is 8.23. The Labute approximate surface area is 130 Å². The summed E-state index contributed by atoms with van der Waals surface area (Å²) in [7, 11) is 5.68. The van der Waals surface area contributed by atoms with Crippen molar-refractivity contribution < 1.29 is 9.90 Å². The van der Waals surface area contributed by atoms with E-state index < -0.39 is 0 Å². The molecule has 2 rings (SSSR count). The van der Waals surface area contributed by atoms with E-state index >= 15 is 0 Å². The van der Waals surface area contributed by atoms with Gasteiger partial charge >= 0.3 is 0 Å². The minimum absolute atomic E-state index is 0.0234. The van der Waals surface area contributed by atoms with Crippen LogP contribution in [-0.4, -0.2) is 18.7 Å². The van der Waals surface area contributed by atoms with Crippen LogP contribution in [0.1, 0.15) is 45.0 Å². The molecule has 0 aromatic heterocycles. The van der Waals surface area contributed by atoms with Gasteiger partial charge in [-0.1, -0.05) is 51.4 Å². The Hall–Kier alpha value is -1.29. The lowest BCUT2D eigenvalue weighted by Crippen LogP contribution is -2.01. The highest BCUT2D eigenvalue weighted by Crippen LogP contribution is 2.35. The van der Waals surface area contributed by atoms with Crippen LogP contribution in [0.4, 0.5) is 0 Å². The molecule has 4 heteroatoms. The lowest BCUT2D eigenvalue weighted by atomic mass is 9.92. The van der Waals surface area contributed by atoms with Crippen LogP contribution in [0.15, 0.2) is 28.7 Å². The van der Waals surface area contributed by atoms with Gasteiger partial charge in [0.15, 0.2) is 5.78 Å². The number of Topliss-reactive ketones (excluding diaryl/α,β-unsaturated/α-hetero) is 1. The molecule has 2 aromatic carbocycles. The molecule has 0 spiro atoms. The highest BCUT2D eigenvalue weighted by molar-refractivity contribution is 9.10. The zero-order valence-electron chi connectivity index (χ0n) is 12.6. The number of benzene rings is 2. The molecule has 0 aliphatic heterocycles. The fraction of sp³-hybridized carbons (Fsp3) is 0.312. The summed E-state index contributed by atoms with van der Waals surface area (Å²) in [5.74, 6) is -0.202. The number of hydrogen-bond acceptors (Lipinski definition) is 2. The van der Waals surface area contributed by atoms with E-state index in [9.17, 15) is 9.90 Å². The van der Waals surface area contributed by atoms with Gasteiger partial charge in [-0.15, -0.1) is 0 Å². The summed E-state index contributed by atoms with van der Waals surface area (Å²) in [5.41, 5.74) is 0.921. The van der Waals surface area contributed by atoms with E-state index in [-0.39, 0.29) is 11.5 Å². The summed E-state index contributed by atoms with van der Waals surface area (Å²) in [6, 6.07) is 6.97. The Balaban J connectivity index is 0.000000829. The van der Waals surface area contributed by atoms with E-state index in [1.54, 1.807) is 24.3 Å². The summed E-state index contributed by atoms with van der Waals surface area (Å²) in [4.78, 5) is 11.3. The first kappa shape index (κ1) is 18.7. The van der Waals surface area contributed by atoms with Crippen molar-refractivity contribution >= 4 is 45.8 Å². The van der Waals surface area contributed by atoms with Crippen LogP contribution in [0.5, 0.6) is 5.75 Å². The van der Waals surface area contributed by atoms with Crippen LogP contribution in [0.3, 0.4) is 0 Å². The lowest BCUT2D eigenvalue weighted by molar-refractivity contribution is 0.101. The van der Waals surface area contributed by atoms with E-state index in [4.69, 9.17) is 7.85 Å². The van der Waals surface area contributed by atoms with E-state index in [2.05, 4.69) is 15.9 Å². The second-order valence-corrected chi connectivity index (χ2v) is 4.42. The van der Waals surface area contributed by atoms with Crippen molar-refractivity contribution in [3.05, 3.63) is 34.3 Å². The molecule has 2 nitrogen and oxygen atoms in total. The Bertz CT molecular complexity index is 595. The van der Waals surface area contributed by atoms with Crippen LogP contribution in [0.25, 0.3) is 10.8 Å². The third kappa shape index (κ3) is 4.10. The summed E-state index contributed by atoms with van der Waals surface area (Å²) >= 11 is 3.28. The summed E-state index contributed by atoms with van der Waals surface area (Å²) in [6.45, 7) is 9.42. The Morgan fingerprint density at radius 1 is 1.15 bits per heavy atom. The predicted octanol–water partition coefficient (Wildman–Crippen LogP) is 4.36. The van der Waals surface area contributed by atoms with Gasteiger partial charge in [-0.3, -0.25) is 4.79 Å². The number of carbonyl (C=O) groups is 1. The monoisotopic (exact) mass is 334 g/mol. The second kappa shape index (κ2) is 8.80. The third-order valence-electron chi connectivity index (χ3n) is 2.45. The first-order valence-electron chi connectivity index (χ1n) is 6.72. The summed E-state index contributed by atoms with van der Waals surface area (Å²) in [6.07, 6.45) is 0. The Morgan fingerprint density at radius 3 is 2.20 bits per heavy atom.